The lowest BCUT2D eigenvalue weighted by Crippen LogP contribution is -2.42. The molecule has 1 unspecified atom stereocenters. The molecule has 0 aliphatic carbocycles. The highest BCUT2D eigenvalue weighted by Gasteiger charge is 2.22. The molecule has 1 aliphatic heterocycles. The van der Waals surface area contributed by atoms with Gasteiger partial charge in [-0.3, -0.25) is 0 Å². The van der Waals surface area contributed by atoms with Crippen LogP contribution in [0.15, 0.2) is 59.6 Å². The van der Waals surface area contributed by atoms with E-state index in [1.165, 1.54) is 11.1 Å². The van der Waals surface area contributed by atoms with Crippen molar-refractivity contribution in [3.63, 3.8) is 0 Å². The average Bonchev–Trinajstić information content (AvgIpc) is 3.40. The Bertz CT molecular complexity index is 1240. The molecule has 170 valence electrons. The van der Waals surface area contributed by atoms with Crippen molar-refractivity contribution >= 4 is 16.9 Å². The highest BCUT2D eigenvalue weighted by atomic mass is 16.5. The van der Waals surface area contributed by atoms with Crippen molar-refractivity contribution in [2.75, 3.05) is 13.2 Å². The van der Waals surface area contributed by atoms with E-state index in [1.54, 1.807) is 0 Å². The van der Waals surface area contributed by atoms with Crippen molar-refractivity contribution in [3.8, 4) is 5.75 Å². The molecule has 33 heavy (non-hydrogen) atoms. The van der Waals surface area contributed by atoms with E-state index < -0.39 is 0 Å². The fraction of sp³-hybridized carbons (Fsp3) is 0.320. The quantitative estimate of drug-likeness (QED) is 0.314. The average molecular weight is 444 g/mol. The summed E-state index contributed by atoms with van der Waals surface area (Å²) in [4.78, 5) is 8.32. The van der Waals surface area contributed by atoms with Crippen LogP contribution in [0.2, 0.25) is 0 Å². The van der Waals surface area contributed by atoms with Gasteiger partial charge in [-0.2, -0.15) is 0 Å². The highest BCUT2D eigenvalue weighted by molar-refractivity contribution is 5.81. The number of rotatable bonds is 6. The molecule has 1 aliphatic rings. The number of aromatic nitrogens is 4. The first-order valence-corrected chi connectivity index (χ1v) is 11.4. The molecule has 0 bridgehead atoms. The molecule has 1 atom stereocenters. The molecule has 0 spiro atoms. The third-order valence-corrected chi connectivity index (χ3v) is 6.10. The molecule has 0 fully saturated rings. The normalized spacial score (nSPS) is 15.8. The minimum Gasteiger partial charge on any atom is -0.493 e. The number of fused-ring (bicyclic) bond motifs is 2. The Kier molecular flexibility index (Phi) is 5.97. The second-order valence-electron chi connectivity index (χ2n) is 8.32. The predicted molar refractivity (Wildman–Crippen MR) is 129 cm³/mol. The first-order valence-electron chi connectivity index (χ1n) is 11.4. The zero-order chi connectivity index (χ0) is 22.6. The van der Waals surface area contributed by atoms with E-state index in [0.29, 0.717) is 13.2 Å². The number of para-hydroxylation sites is 2. The summed E-state index contributed by atoms with van der Waals surface area (Å²) in [5.41, 5.74) is 3.52. The lowest BCUT2D eigenvalue weighted by molar-refractivity contribution is 0.261. The zero-order valence-corrected chi connectivity index (χ0v) is 19.0. The number of nitrogens with zero attached hydrogens (tertiary/aromatic N) is 4. The molecule has 8 heteroatoms. The Morgan fingerprint density at radius 1 is 1.18 bits per heavy atom. The van der Waals surface area contributed by atoms with Crippen LogP contribution in [-0.2, 0) is 20.0 Å². The summed E-state index contributed by atoms with van der Waals surface area (Å²) >= 11 is 0. The molecular formula is C25H29N7O. The molecule has 0 radical (unpaired) electrons. The van der Waals surface area contributed by atoms with Crippen LogP contribution in [0.5, 0.6) is 5.75 Å². The lowest BCUT2D eigenvalue weighted by atomic mass is 10.0. The van der Waals surface area contributed by atoms with E-state index in [-0.39, 0.29) is 6.04 Å². The van der Waals surface area contributed by atoms with Gasteiger partial charge >= 0.3 is 0 Å². The molecule has 0 saturated carbocycles. The molecule has 8 nitrogen and oxygen atoms in total. The van der Waals surface area contributed by atoms with Crippen LogP contribution in [0.3, 0.4) is 0 Å². The van der Waals surface area contributed by atoms with Crippen molar-refractivity contribution in [1.82, 2.24) is 30.4 Å². The molecule has 5 rings (SSSR count). The fourth-order valence-corrected chi connectivity index (χ4v) is 4.13. The highest BCUT2D eigenvalue weighted by Crippen LogP contribution is 2.31. The van der Waals surface area contributed by atoms with Gasteiger partial charge in [-0.05, 0) is 30.5 Å². The van der Waals surface area contributed by atoms with Gasteiger partial charge in [0.1, 0.15) is 18.1 Å². The number of aryl methyl sites for hydroxylation is 1. The topological polar surface area (TPSA) is 92.2 Å². The number of benzene rings is 2. The third kappa shape index (κ3) is 4.69. The third-order valence-electron chi connectivity index (χ3n) is 6.10. The Morgan fingerprint density at radius 3 is 2.88 bits per heavy atom. The number of hydrogen-bond acceptors (Lipinski definition) is 4. The lowest BCUT2D eigenvalue weighted by Gasteiger charge is -2.28. The van der Waals surface area contributed by atoms with Crippen LogP contribution in [0.1, 0.15) is 35.4 Å². The van der Waals surface area contributed by atoms with E-state index >= 15 is 0 Å². The number of ether oxygens (including phenoxy) is 1. The molecule has 0 amide bonds. The number of hydrogen-bond donors (Lipinski definition) is 3. The van der Waals surface area contributed by atoms with E-state index in [1.807, 2.05) is 36.7 Å². The van der Waals surface area contributed by atoms with E-state index in [4.69, 9.17) is 9.73 Å². The maximum absolute atomic E-state index is 5.82. The maximum Gasteiger partial charge on any atom is 0.192 e. The van der Waals surface area contributed by atoms with Gasteiger partial charge in [-0.25, -0.2) is 4.99 Å². The van der Waals surface area contributed by atoms with Crippen LogP contribution >= 0.6 is 0 Å². The van der Waals surface area contributed by atoms with Crippen LogP contribution in [0.25, 0.3) is 10.9 Å². The van der Waals surface area contributed by atoms with Gasteiger partial charge in [-0.15, -0.1) is 10.2 Å². The largest absolute Gasteiger partial charge is 0.493 e. The molecule has 3 N–H and O–H groups in total. The molecule has 2 aromatic carbocycles. The van der Waals surface area contributed by atoms with Gasteiger partial charge in [0.15, 0.2) is 11.8 Å². The number of H-pyrrole nitrogens is 1. The van der Waals surface area contributed by atoms with Gasteiger partial charge in [0.2, 0.25) is 0 Å². The van der Waals surface area contributed by atoms with E-state index in [9.17, 15) is 0 Å². The summed E-state index contributed by atoms with van der Waals surface area (Å²) in [6, 6.07) is 18.9. The molecule has 2 aromatic heterocycles. The zero-order valence-electron chi connectivity index (χ0n) is 19.0. The maximum atomic E-state index is 5.82. The van der Waals surface area contributed by atoms with Gasteiger partial charge in [0, 0.05) is 43.2 Å². The van der Waals surface area contributed by atoms with Crippen LogP contribution in [-0.4, -0.2) is 38.9 Å². The SMILES string of the molecule is Cc1nnc(CN=C(NCCc2cc3ccccc3[nH]2)NC2CCOc3ccccc32)n1C. The van der Waals surface area contributed by atoms with Gasteiger partial charge in [-0.1, -0.05) is 36.4 Å². The van der Waals surface area contributed by atoms with Crippen molar-refractivity contribution < 1.29 is 4.74 Å². The first-order chi connectivity index (χ1) is 16.2. The number of nitrogens with one attached hydrogen (secondary N) is 3. The van der Waals surface area contributed by atoms with Gasteiger partial charge in [0.05, 0.1) is 12.6 Å². The molecule has 0 saturated heterocycles. The summed E-state index contributed by atoms with van der Waals surface area (Å²) in [5, 5.41) is 16.7. The predicted octanol–water partition coefficient (Wildman–Crippen LogP) is 3.41. The Balaban J connectivity index is 1.31. The number of aromatic amines is 1. The summed E-state index contributed by atoms with van der Waals surface area (Å²) in [6.07, 6.45) is 1.74. The van der Waals surface area contributed by atoms with E-state index in [0.717, 1.165) is 53.8 Å². The van der Waals surface area contributed by atoms with Crippen molar-refractivity contribution in [2.45, 2.75) is 32.4 Å². The van der Waals surface area contributed by atoms with Crippen molar-refractivity contribution in [3.05, 3.63) is 77.5 Å². The van der Waals surface area contributed by atoms with Gasteiger partial charge < -0.3 is 24.9 Å². The minimum atomic E-state index is 0.135. The minimum absolute atomic E-state index is 0.135. The van der Waals surface area contributed by atoms with Gasteiger partial charge in [0.25, 0.3) is 0 Å². The van der Waals surface area contributed by atoms with Crippen molar-refractivity contribution in [1.29, 1.82) is 0 Å². The van der Waals surface area contributed by atoms with Crippen LogP contribution in [0, 0.1) is 6.92 Å². The molecule has 4 aromatic rings. The summed E-state index contributed by atoms with van der Waals surface area (Å²) in [7, 11) is 1.96. The summed E-state index contributed by atoms with van der Waals surface area (Å²) < 4.78 is 7.79. The fourth-order valence-electron chi connectivity index (χ4n) is 4.13. The first kappa shape index (κ1) is 21.1. The Labute approximate surface area is 193 Å². The second-order valence-corrected chi connectivity index (χ2v) is 8.32. The monoisotopic (exact) mass is 443 g/mol. The molecule has 3 heterocycles. The summed E-state index contributed by atoms with van der Waals surface area (Å²) in [6.45, 7) is 3.82. The second kappa shape index (κ2) is 9.36. The summed E-state index contributed by atoms with van der Waals surface area (Å²) in [5.74, 6) is 3.40. The van der Waals surface area contributed by atoms with Crippen LogP contribution < -0.4 is 15.4 Å². The number of guanidine groups is 1. The Morgan fingerprint density at radius 2 is 2.03 bits per heavy atom. The number of aliphatic imine (C=N–C) groups is 1. The Hall–Kier alpha value is -3.81. The molecular weight excluding hydrogens is 414 g/mol. The van der Waals surface area contributed by atoms with E-state index in [2.05, 4.69) is 62.2 Å². The smallest absolute Gasteiger partial charge is 0.192 e. The van der Waals surface area contributed by atoms with Crippen LogP contribution in [0.4, 0.5) is 0 Å². The van der Waals surface area contributed by atoms with Crippen molar-refractivity contribution in [2.24, 2.45) is 12.0 Å². The standard InChI is InChI=1S/C25H29N7O/c1-17-30-31-24(32(17)2)16-27-25(29-22-12-14-33-23-10-6-4-8-20(22)23)26-13-11-19-15-18-7-3-5-9-21(18)28-19/h3-10,15,22,28H,11-14,16H2,1-2H3,(H2,26,27,29).